The molecule has 0 N–H and O–H groups in total. The average Bonchev–Trinajstić information content (AvgIpc) is 3.34. The van der Waals surface area contributed by atoms with Crippen LogP contribution in [0.5, 0.6) is 0 Å². The zero-order chi connectivity index (χ0) is 30.9. The SMILES string of the molecule is O=C(c1cc(-c2ccc(Br)cc2)nc2ccccc12)N1CCCN(C(=O)c2cc(-c3ccc(Br)cc3)nc3ccccc23)CC1. The number of hydrogen-bond donors (Lipinski definition) is 0. The Morgan fingerprint density at radius 3 is 1.36 bits per heavy atom. The van der Waals surface area contributed by atoms with E-state index in [1.807, 2.05) is 119 Å². The highest BCUT2D eigenvalue weighted by Gasteiger charge is 2.26. The third kappa shape index (κ3) is 6.00. The summed E-state index contributed by atoms with van der Waals surface area (Å²) in [5.41, 5.74) is 6.19. The smallest absolute Gasteiger partial charge is 0.254 e. The first-order valence-corrected chi connectivity index (χ1v) is 16.4. The van der Waals surface area contributed by atoms with E-state index < -0.39 is 0 Å². The highest BCUT2D eigenvalue weighted by Crippen LogP contribution is 2.29. The van der Waals surface area contributed by atoms with Crippen molar-refractivity contribution >= 4 is 65.5 Å². The number of hydrogen-bond acceptors (Lipinski definition) is 4. The van der Waals surface area contributed by atoms with Gasteiger partial charge in [-0.25, -0.2) is 9.97 Å². The molecule has 0 spiro atoms. The number of amides is 2. The van der Waals surface area contributed by atoms with E-state index in [1.54, 1.807) is 0 Å². The number of pyridine rings is 2. The van der Waals surface area contributed by atoms with Gasteiger partial charge in [0.05, 0.1) is 33.5 Å². The van der Waals surface area contributed by atoms with Gasteiger partial charge in [-0.2, -0.15) is 0 Å². The van der Waals surface area contributed by atoms with Crippen LogP contribution in [0.1, 0.15) is 27.1 Å². The van der Waals surface area contributed by atoms with Gasteiger partial charge >= 0.3 is 0 Å². The van der Waals surface area contributed by atoms with Crippen molar-refractivity contribution in [3.63, 3.8) is 0 Å². The first-order valence-electron chi connectivity index (χ1n) is 14.8. The zero-order valence-corrected chi connectivity index (χ0v) is 27.5. The van der Waals surface area contributed by atoms with Crippen LogP contribution in [0, 0.1) is 0 Å². The Balaban J connectivity index is 1.17. The maximum Gasteiger partial charge on any atom is 0.254 e. The van der Waals surface area contributed by atoms with Crippen LogP contribution in [0.4, 0.5) is 0 Å². The molecule has 0 saturated carbocycles. The Hall–Kier alpha value is -4.40. The number of carbonyl (C=O) groups excluding carboxylic acids is 2. The van der Waals surface area contributed by atoms with E-state index in [1.165, 1.54) is 0 Å². The van der Waals surface area contributed by atoms with Crippen molar-refractivity contribution in [3.8, 4) is 22.5 Å². The fraction of sp³-hybridized carbons (Fsp3) is 0.135. The summed E-state index contributed by atoms with van der Waals surface area (Å²) in [6, 6.07) is 35.2. The van der Waals surface area contributed by atoms with Crippen LogP contribution in [-0.2, 0) is 0 Å². The van der Waals surface area contributed by atoms with Crippen molar-refractivity contribution in [1.29, 1.82) is 0 Å². The maximum absolute atomic E-state index is 14.1. The molecule has 6 nitrogen and oxygen atoms in total. The summed E-state index contributed by atoms with van der Waals surface area (Å²) in [5.74, 6) is -0.0960. The second kappa shape index (κ2) is 12.5. The molecule has 1 fully saturated rings. The van der Waals surface area contributed by atoms with E-state index in [4.69, 9.17) is 9.97 Å². The summed E-state index contributed by atoms with van der Waals surface area (Å²) >= 11 is 7.00. The Bertz CT molecular complexity index is 1910. The fourth-order valence-electron chi connectivity index (χ4n) is 5.91. The molecule has 45 heavy (non-hydrogen) atoms. The van der Waals surface area contributed by atoms with E-state index in [0.29, 0.717) is 43.7 Å². The first kappa shape index (κ1) is 29.3. The molecule has 3 heterocycles. The van der Waals surface area contributed by atoms with Crippen molar-refractivity contribution in [2.24, 2.45) is 0 Å². The van der Waals surface area contributed by atoms with Crippen LogP contribution in [0.3, 0.4) is 0 Å². The second-order valence-corrected chi connectivity index (χ2v) is 12.9. The van der Waals surface area contributed by atoms with Gasteiger partial charge < -0.3 is 9.80 Å². The lowest BCUT2D eigenvalue weighted by atomic mass is 10.0. The van der Waals surface area contributed by atoms with Crippen LogP contribution >= 0.6 is 31.9 Å². The Morgan fingerprint density at radius 2 is 0.933 bits per heavy atom. The summed E-state index contributed by atoms with van der Waals surface area (Å²) in [4.78, 5) is 41.7. The van der Waals surface area contributed by atoms with Crippen molar-refractivity contribution in [2.45, 2.75) is 6.42 Å². The van der Waals surface area contributed by atoms with Gasteiger partial charge in [0.1, 0.15) is 0 Å². The van der Waals surface area contributed by atoms with Gasteiger partial charge in [-0.3, -0.25) is 9.59 Å². The lowest BCUT2D eigenvalue weighted by molar-refractivity contribution is 0.0720. The predicted octanol–water partition coefficient (Wildman–Crippen LogP) is 8.63. The molecule has 2 aromatic heterocycles. The molecule has 0 atom stereocenters. The van der Waals surface area contributed by atoms with E-state index in [2.05, 4.69) is 31.9 Å². The summed E-state index contributed by atoms with van der Waals surface area (Å²) in [6.07, 6.45) is 0.683. The minimum atomic E-state index is -0.0480. The summed E-state index contributed by atoms with van der Waals surface area (Å²) < 4.78 is 1.97. The van der Waals surface area contributed by atoms with Gasteiger partial charge in [0, 0.05) is 57.0 Å². The molecule has 1 aliphatic rings. The monoisotopic (exact) mass is 718 g/mol. The molecule has 6 aromatic rings. The van der Waals surface area contributed by atoms with Gasteiger partial charge in [-0.15, -0.1) is 0 Å². The highest BCUT2D eigenvalue weighted by atomic mass is 79.9. The molecule has 0 bridgehead atoms. The Morgan fingerprint density at radius 1 is 0.533 bits per heavy atom. The number of fused-ring (bicyclic) bond motifs is 2. The molecule has 2 amide bonds. The molecule has 8 heteroatoms. The van der Waals surface area contributed by atoms with Crippen LogP contribution in [0.2, 0.25) is 0 Å². The molecular formula is C37H28Br2N4O2. The topological polar surface area (TPSA) is 66.4 Å². The van der Waals surface area contributed by atoms with Crippen LogP contribution in [0.25, 0.3) is 44.3 Å². The number of aromatic nitrogens is 2. The number of benzene rings is 4. The molecule has 0 aliphatic carbocycles. The molecule has 7 rings (SSSR count). The average molecular weight is 720 g/mol. The molecule has 222 valence electrons. The lowest BCUT2D eigenvalue weighted by Gasteiger charge is -2.23. The number of nitrogens with zero attached hydrogens (tertiary/aromatic N) is 4. The maximum atomic E-state index is 14.1. The molecule has 1 saturated heterocycles. The summed E-state index contributed by atoms with van der Waals surface area (Å²) in [7, 11) is 0. The van der Waals surface area contributed by atoms with Gasteiger partial charge in [0.25, 0.3) is 11.8 Å². The third-order valence-electron chi connectivity index (χ3n) is 8.24. The minimum Gasteiger partial charge on any atom is -0.337 e. The Labute approximate surface area is 278 Å². The normalized spacial score (nSPS) is 13.6. The van der Waals surface area contributed by atoms with E-state index in [-0.39, 0.29) is 11.8 Å². The number of rotatable bonds is 4. The molecule has 1 aliphatic heterocycles. The van der Waals surface area contributed by atoms with Gasteiger partial charge in [0.15, 0.2) is 0 Å². The summed E-state index contributed by atoms with van der Waals surface area (Å²) in [5, 5.41) is 1.65. The largest absolute Gasteiger partial charge is 0.337 e. The first-order chi connectivity index (χ1) is 21.9. The highest BCUT2D eigenvalue weighted by molar-refractivity contribution is 9.10. The molecule has 0 unspecified atom stereocenters. The fourth-order valence-corrected chi connectivity index (χ4v) is 6.43. The van der Waals surface area contributed by atoms with Crippen LogP contribution in [-0.4, -0.2) is 57.8 Å². The van der Waals surface area contributed by atoms with Gasteiger partial charge in [-0.1, -0.05) is 92.5 Å². The second-order valence-electron chi connectivity index (χ2n) is 11.1. The van der Waals surface area contributed by atoms with Gasteiger partial charge in [0.2, 0.25) is 0 Å². The van der Waals surface area contributed by atoms with Crippen LogP contribution in [0.15, 0.2) is 118 Å². The summed E-state index contributed by atoms with van der Waals surface area (Å²) in [6.45, 7) is 2.01. The van der Waals surface area contributed by atoms with Crippen molar-refractivity contribution in [1.82, 2.24) is 19.8 Å². The number of carbonyl (C=O) groups is 2. The number of para-hydroxylation sites is 2. The number of halogens is 2. The quantitative estimate of drug-likeness (QED) is 0.183. The predicted molar refractivity (Wildman–Crippen MR) is 186 cm³/mol. The standard InChI is InChI=1S/C37H28Br2N4O2/c38-26-14-10-24(11-15-26)34-22-30(28-6-1-3-8-32(28)40-34)36(44)42-18-5-19-43(21-20-42)37(45)31-23-35(25-12-16-27(39)17-13-25)41-33-9-4-2-7-29(31)33/h1-4,6-17,22-23H,5,18-21H2. The van der Waals surface area contributed by atoms with E-state index in [0.717, 1.165) is 53.3 Å². The third-order valence-corrected chi connectivity index (χ3v) is 9.30. The van der Waals surface area contributed by atoms with Crippen LogP contribution < -0.4 is 0 Å². The van der Waals surface area contributed by atoms with Gasteiger partial charge in [-0.05, 0) is 55.0 Å². The van der Waals surface area contributed by atoms with Crippen molar-refractivity contribution in [2.75, 3.05) is 26.2 Å². The van der Waals surface area contributed by atoms with Crippen molar-refractivity contribution < 1.29 is 9.59 Å². The molecule has 4 aromatic carbocycles. The molecular weight excluding hydrogens is 692 g/mol. The van der Waals surface area contributed by atoms with E-state index in [9.17, 15) is 9.59 Å². The molecule has 0 radical (unpaired) electrons. The van der Waals surface area contributed by atoms with Crippen molar-refractivity contribution in [3.05, 3.63) is 129 Å². The lowest BCUT2D eigenvalue weighted by Crippen LogP contribution is -2.37. The zero-order valence-electron chi connectivity index (χ0n) is 24.3. The Kier molecular flexibility index (Phi) is 8.17. The van der Waals surface area contributed by atoms with E-state index >= 15 is 0 Å². The minimum absolute atomic E-state index is 0.0480.